The van der Waals surface area contributed by atoms with Crippen LogP contribution < -0.4 is 10.0 Å². The highest BCUT2D eigenvalue weighted by molar-refractivity contribution is 7.89. The second-order valence-corrected chi connectivity index (χ2v) is 13.6. The number of imide groups is 1. The molecule has 3 fully saturated rings. The zero-order valence-corrected chi connectivity index (χ0v) is 23.4. The van der Waals surface area contributed by atoms with Gasteiger partial charge in [0.05, 0.1) is 11.4 Å². The van der Waals surface area contributed by atoms with Crippen LogP contribution in [0.4, 0.5) is 4.79 Å². The van der Waals surface area contributed by atoms with Crippen LogP contribution in [0.1, 0.15) is 43.8 Å². The molecule has 0 aromatic carbocycles. The van der Waals surface area contributed by atoms with Gasteiger partial charge in [0.15, 0.2) is 0 Å². The van der Waals surface area contributed by atoms with Crippen LogP contribution in [-0.4, -0.2) is 84.2 Å². The molecule has 5 atom stereocenters. The monoisotopic (exact) mass is 563 g/mol. The molecular weight excluding hydrogens is 530 g/mol. The smallest absolute Gasteiger partial charge is 0.331 e. The van der Waals surface area contributed by atoms with E-state index in [-0.39, 0.29) is 28.1 Å². The lowest BCUT2D eigenvalue weighted by atomic mass is 9.81. The summed E-state index contributed by atoms with van der Waals surface area (Å²) in [7, 11) is 0.964. The number of nitrogens with zero attached hydrogens (tertiary/aromatic N) is 5. The maximum atomic E-state index is 13.7. The molecule has 6 rings (SSSR count). The molecule has 1 aromatic rings. The number of aromatic nitrogens is 1. The minimum atomic E-state index is -3.69. The molecule has 4 unspecified atom stereocenters. The molecule has 5 aliphatic rings. The summed E-state index contributed by atoms with van der Waals surface area (Å²) in [5.41, 5.74) is 1.80. The summed E-state index contributed by atoms with van der Waals surface area (Å²) in [6.07, 6.45) is 8.54. The van der Waals surface area contributed by atoms with E-state index in [9.17, 15) is 18.0 Å². The van der Waals surface area contributed by atoms with Gasteiger partial charge in [0.1, 0.15) is 17.8 Å². The maximum Gasteiger partial charge on any atom is 0.331 e. The number of amides is 3. The molecule has 0 radical (unpaired) electrons. The van der Waals surface area contributed by atoms with Gasteiger partial charge in [0, 0.05) is 49.9 Å². The molecule has 0 spiro atoms. The Morgan fingerprint density at radius 3 is 2.66 bits per heavy atom. The van der Waals surface area contributed by atoms with Gasteiger partial charge < -0.3 is 9.88 Å². The summed E-state index contributed by atoms with van der Waals surface area (Å²) in [5, 5.41) is 10.4. The number of aryl methyl sites for hydroxylation is 1. The molecule has 0 bridgehead atoms. The van der Waals surface area contributed by atoms with Crippen LogP contribution in [-0.2, 0) is 21.9 Å². The lowest BCUT2D eigenvalue weighted by Gasteiger charge is -2.37. The Morgan fingerprint density at radius 1 is 1.18 bits per heavy atom. The zero-order valence-electron chi connectivity index (χ0n) is 21.8. The average molecular weight is 564 g/mol. The number of hydrazone groups is 1. The van der Waals surface area contributed by atoms with Crippen molar-refractivity contribution in [2.24, 2.45) is 29.9 Å². The third-order valence-electron chi connectivity index (χ3n) is 8.66. The zero-order chi connectivity index (χ0) is 26.9. The number of amidine groups is 1. The fourth-order valence-electron chi connectivity index (χ4n) is 6.31. The Kier molecular flexibility index (Phi) is 6.27. The Balaban J connectivity index is 1.41. The van der Waals surface area contributed by atoms with Crippen molar-refractivity contribution in [3.05, 3.63) is 29.7 Å². The maximum absolute atomic E-state index is 13.7. The van der Waals surface area contributed by atoms with Crippen LogP contribution in [0.15, 0.2) is 34.0 Å². The van der Waals surface area contributed by atoms with E-state index in [0.717, 1.165) is 37.7 Å². The van der Waals surface area contributed by atoms with Gasteiger partial charge >= 0.3 is 6.03 Å². The molecule has 1 saturated heterocycles. The molecule has 2 N–H and O–H groups in total. The lowest BCUT2D eigenvalue weighted by Crippen LogP contribution is -2.59. The summed E-state index contributed by atoms with van der Waals surface area (Å²) in [4.78, 5) is 29.8. The van der Waals surface area contributed by atoms with Crippen molar-refractivity contribution < 1.29 is 18.0 Å². The van der Waals surface area contributed by atoms with E-state index in [1.165, 1.54) is 19.0 Å². The van der Waals surface area contributed by atoms with E-state index in [1.807, 2.05) is 11.2 Å². The molecule has 206 valence electrons. The van der Waals surface area contributed by atoms with Crippen LogP contribution in [0.2, 0.25) is 0 Å². The molecule has 2 aliphatic carbocycles. The first-order valence-electron chi connectivity index (χ1n) is 13.2. The van der Waals surface area contributed by atoms with Crippen molar-refractivity contribution in [3.8, 4) is 0 Å². The van der Waals surface area contributed by atoms with Gasteiger partial charge in [-0.3, -0.25) is 19.6 Å². The Labute approximate surface area is 227 Å². The number of fused-ring (bicyclic) bond motifs is 2. The highest BCUT2D eigenvalue weighted by Crippen LogP contribution is 2.44. The van der Waals surface area contributed by atoms with E-state index in [1.54, 1.807) is 28.8 Å². The van der Waals surface area contributed by atoms with Crippen LogP contribution >= 0.6 is 11.6 Å². The highest BCUT2D eigenvalue weighted by Gasteiger charge is 2.54. The molecule has 2 saturated carbocycles. The molecular formula is C25H34ClN7O4S. The third kappa shape index (κ3) is 4.21. The van der Waals surface area contributed by atoms with Crippen LogP contribution in [0.25, 0.3) is 0 Å². The van der Waals surface area contributed by atoms with E-state index in [0.29, 0.717) is 36.6 Å². The normalized spacial score (nSPS) is 31.3. The second kappa shape index (κ2) is 9.27. The molecule has 3 amide bonds. The number of carbonyl (C=O) groups is 2. The van der Waals surface area contributed by atoms with Crippen molar-refractivity contribution in [1.82, 2.24) is 29.4 Å². The van der Waals surface area contributed by atoms with Gasteiger partial charge in [0.25, 0.3) is 0 Å². The Morgan fingerprint density at radius 2 is 1.95 bits per heavy atom. The standard InChI is InChI=1S/C25H34ClN7O4S/c1-27-38(36,37)17-9-20(30(2)13-17)22-21-23(32(11-14-4-5-14)25(35)31(3)24(21)34)29-33(22)12-15-10-28-19-7-6-16(26)8-18(15)19/h9-10,13-14,16,18-19,21-22,27-28H,4-8,11-12H2,1-3H3/t16?,18?,19-,21?,22?/m1/s1. The van der Waals surface area contributed by atoms with Crippen molar-refractivity contribution in [2.75, 3.05) is 27.2 Å². The summed E-state index contributed by atoms with van der Waals surface area (Å²) in [6, 6.07) is 1.01. The predicted octanol–water partition coefficient (Wildman–Crippen LogP) is 1.79. The van der Waals surface area contributed by atoms with Crippen molar-refractivity contribution >= 4 is 39.4 Å². The first kappa shape index (κ1) is 25.7. The van der Waals surface area contributed by atoms with Gasteiger partial charge in [-0.05, 0) is 62.9 Å². The number of halogens is 1. The second-order valence-electron chi connectivity index (χ2n) is 11.1. The number of nitrogens with one attached hydrogen (secondary N) is 2. The molecule has 3 aliphatic heterocycles. The average Bonchev–Trinajstić information content (AvgIpc) is 3.33. The number of hydrogen-bond donors (Lipinski definition) is 2. The third-order valence-corrected chi connectivity index (χ3v) is 10.4. The van der Waals surface area contributed by atoms with Gasteiger partial charge in [-0.2, -0.15) is 5.10 Å². The van der Waals surface area contributed by atoms with E-state index in [4.69, 9.17) is 16.7 Å². The number of alkyl halides is 1. The topological polar surface area (TPSA) is 119 Å². The van der Waals surface area contributed by atoms with Gasteiger partial charge in [-0.1, -0.05) is 0 Å². The summed E-state index contributed by atoms with van der Waals surface area (Å²) in [5.74, 6) is 0.0711. The number of sulfonamides is 1. The van der Waals surface area contributed by atoms with Crippen molar-refractivity contribution in [1.29, 1.82) is 0 Å². The van der Waals surface area contributed by atoms with Crippen LogP contribution in [0, 0.1) is 17.8 Å². The lowest BCUT2D eigenvalue weighted by molar-refractivity contribution is -0.132. The van der Waals surface area contributed by atoms with E-state index >= 15 is 0 Å². The summed E-state index contributed by atoms with van der Waals surface area (Å²) < 4.78 is 29.4. The van der Waals surface area contributed by atoms with Crippen molar-refractivity contribution in [3.63, 3.8) is 0 Å². The van der Waals surface area contributed by atoms with Gasteiger partial charge in [0.2, 0.25) is 15.9 Å². The van der Waals surface area contributed by atoms with E-state index < -0.39 is 22.0 Å². The fourth-order valence-corrected chi connectivity index (χ4v) is 7.44. The summed E-state index contributed by atoms with van der Waals surface area (Å²) >= 11 is 6.54. The fraction of sp³-hybridized carbons (Fsp3) is 0.640. The van der Waals surface area contributed by atoms with Gasteiger partial charge in [-0.25, -0.2) is 17.9 Å². The highest BCUT2D eigenvalue weighted by atomic mass is 35.5. The largest absolute Gasteiger partial charge is 0.388 e. The van der Waals surface area contributed by atoms with E-state index in [2.05, 4.69) is 10.0 Å². The quantitative estimate of drug-likeness (QED) is 0.488. The van der Waals surface area contributed by atoms with Crippen LogP contribution in [0.3, 0.4) is 0 Å². The number of carbonyl (C=O) groups excluding carboxylic acids is 2. The van der Waals surface area contributed by atoms with Crippen LogP contribution in [0.5, 0.6) is 0 Å². The number of rotatable bonds is 7. The minimum Gasteiger partial charge on any atom is -0.388 e. The Bertz CT molecular complexity index is 1340. The number of urea groups is 1. The molecule has 11 nitrogen and oxygen atoms in total. The Hall–Kier alpha value is -2.57. The first-order valence-corrected chi connectivity index (χ1v) is 15.1. The molecule has 38 heavy (non-hydrogen) atoms. The molecule has 13 heteroatoms. The molecule has 1 aromatic heterocycles. The summed E-state index contributed by atoms with van der Waals surface area (Å²) in [6.45, 7) is 0.978. The first-order chi connectivity index (χ1) is 18.1. The van der Waals surface area contributed by atoms with Gasteiger partial charge in [-0.15, -0.1) is 11.6 Å². The SMILES string of the molecule is CNS(=O)(=O)c1cc(C2C3C(=O)N(C)C(=O)N(CC4CC4)C3=NN2CC2=CN[C@@H]3CCC(Cl)CC23)n(C)c1. The number of hydrogen-bond acceptors (Lipinski definition) is 7. The van der Waals surface area contributed by atoms with Crippen molar-refractivity contribution in [2.45, 2.75) is 54.5 Å². The minimum absolute atomic E-state index is 0.117. The predicted molar refractivity (Wildman–Crippen MR) is 142 cm³/mol. The molecule has 4 heterocycles.